The van der Waals surface area contributed by atoms with Crippen molar-refractivity contribution in [3.8, 4) is 0 Å². The van der Waals surface area contributed by atoms with E-state index in [1.165, 1.54) is 21.7 Å². The lowest BCUT2D eigenvalue weighted by molar-refractivity contribution is 1.03. The van der Waals surface area contributed by atoms with Gasteiger partial charge in [0.2, 0.25) is 0 Å². The quantitative estimate of drug-likeness (QED) is 0.485. The van der Waals surface area contributed by atoms with Crippen LogP contribution in [0.1, 0.15) is 18.4 Å². The van der Waals surface area contributed by atoms with Crippen LogP contribution in [0, 0.1) is 0 Å². The molecular formula is C26H24NP. The van der Waals surface area contributed by atoms with Crippen molar-refractivity contribution in [3.63, 3.8) is 0 Å². The number of hydrogen-bond acceptors (Lipinski definition) is 1. The first-order valence-corrected chi connectivity index (χ1v) is 11.0. The molecule has 0 aliphatic heterocycles. The van der Waals surface area contributed by atoms with Crippen LogP contribution >= 0.6 is 8.07 Å². The van der Waals surface area contributed by atoms with Gasteiger partial charge in [-0.25, -0.2) is 0 Å². The Hall–Kier alpha value is -2.89. The van der Waals surface area contributed by atoms with Crippen molar-refractivity contribution < 1.29 is 0 Å². The molecule has 4 rings (SSSR count). The van der Waals surface area contributed by atoms with Gasteiger partial charge in [-0.3, -0.25) is 0 Å². The van der Waals surface area contributed by atoms with E-state index in [2.05, 4.69) is 120 Å². The summed E-state index contributed by atoms with van der Waals surface area (Å²) in [7, 11) is -0.681. The van der Waals surface area contributed by atoms with E-state index >= 15 is 0 Å². The Morgan fingerprint density at radius 2 is 1.32 bits per heavy atom. The number of anilines is 1. The minimum Gasteiger partial charge on any atom is -0.356 e. The molecule has 0 radical (unpaired) electrons. The van der Waals surface area contributed by atoms with Gasteiger partial charge < -0.3 is 5.09 Å². The topological polar surface area (TPSA) is 12.0 Å². The minimum atomic E-state index is -0.681. The summed E-state index contributed by atoms with van der Waals surface area (Å²) < 4.78 is 0. The highest BCUT2D eigenvalue weighted by Crippen LogP contribution is 2.36. The van der Waals surface area contributed by atoms with Crippen molar-refractivity contribution in [2.24, 2.45) is 0 Å². The normalized spacial score (nSPS) is 13.7. The van der Waals surface area contributed by atoms with Crippen LogP contribution < -0.4 is 15.7 Å². The molecule has 0 saturated carbocycles. The Labute approximate surface area is 168 Å². The molecule has 0 aromatic heterocycles. The molecule has 0 spiro atoms. The standard InChI is InChI=1S/C26H24NP/c1-4-12-22(13-5-1)20-21-23-14-10-11-19-26(23)27-28(24-15-6-2-7-16-24)25-17-8-3-9-18-25/h2-4,6-21,27H,1,5H2. The van der Waals surface area contributed by atoms with Crippen LogP contribution in [0.3, 0.4) is 0 Å². The summed E-state index contributed by atoms with van der Waals surface area (Å²) in [6, 6.07) is 30.0. The van der Waals surface area contributed by atoms with E-state index in [4.69, 9.17) is 0 Å². The monoisotopic (exact) mass is 381 g/mol. The average Bonchev–Trinajstić information content (AvgIpc) is 2.78. The van der Waals surface area contributed by atoms with Crippen molar-refractivity contribution in [2.45, 2.75) is 12.8 Å². The fraction of sp³-hybridized carbons (Fsp3) is 0.0769. The first-order chi connectivity index (χ1) is 13.9. The van der Waals surface area contributed by atoms with Crippen LogP contribution in [0.15, 0.2) is 115 Å². The van der Waals surface area contributed by atoms with Gasteiger partial charge in [0.1, 0.15) is 0 Å². The maximum atomic E-state index is 3.84. The Kier molecular flexibility index (Phi) is 6.17. The molecule has 1 aliphatic carbocycles. The summed E-state index contributed by atoms with van der Waals surface area (Å²) in [5.41, 5.74) is 3.66. The summed E-state index contributed by atoms with van der Waals surface area (Å²) in [4.78, 5) is 0. The number of rotatable bonds is 6. The Bertz CT molecular complexity index is 948. The SMILES string of the molecule is C1=CC(C=Cc2ccccc2NP(c2ccccc2)c2ccccc2)=CCC1. The van der Waals surface area contributed by atoms with Gasteiger partial charge in [-0.05, 0) is 30.0 Å². The molecule has 0 bridgehead atoms. The van der Waals surface area contributed by atoms with Gasteiger partial charge in [0.15, 0.2) is 0 Å². The number of allylic oxidation sites excluding steroid dienone is 5. The second-order valence-electron chi connectivity index (χ2n) is 6.72. The second-order valence-corrected chi connectivity index (χ2v) is 8.65. The molecule has 28 heavy (non-hydrogen) atoms. The van der Waals surface area contributed by atoms with Crippen LogP contribution in [0.2, 0.25) is 0 Å². The first kappa shape index (κ1) is 18.5. The number of hydrogen-bond donors (Lipinski definition) is 1. The van der Waals surface area contributed by atoms with Crippen LogP contribution in [0.4, 0.5) is 5.69 Å². The third-order valence-corrected chi connectivity index (χ3v) is 6.79. The Morgan fingerprint density at radius 3 is 1.96 bits per heavy atom. The molecule has 138 valence electrons. The number of nitrogens with one attached hydrogen (secondary N) is 1. The van der Waals surface area contributed by atoms with Crippen molar-refractivity contribution in [1.29, 1.82) is 0 Å². The average molecular weight is 381 g/mol. The zero-order valence-electron chi connectivity index (χ0n) is 15.8. The smallest absolute Gasteiger partial charge is 0.0522 e. The lowest BCUT2D eigenvalue weighted by Crippen LogP contribution is -2.17. The highest BCUT2D eigenvalue weighted by molar-refractivity contribution is 7.74. The molecule has 3 aromatic rings. The highest BCUT2D eigenvalue weighted by atomic mass is 31.1. The molecule has 3 aromatic carbocycles. The molecule has 1 aliphatic rings. The van der Waals surface area contributed by atoms with Crippen molar-refractivity contribution >= 4 is 30.4 Å². The number of para-hydroxylation sites is 1. The molecule has 0 atom stereocenters. The summed E-state index contributed by atoms with van der Waals surface area (Å²) >= 11 is 0. The van der Waals surface area contributed by atoms with E-state index < -0.39 is 8.07 Å². The van der Waals surface area contributed by atoms with Gasteiger partial charge in [-0.1, -0.05) is 109 Å². The first-order valence-electron chi connectivity index (χ1n) is 9.71. The minimum absolute atomic E-state index is 0.681. The summed E-state index contributed by atoms with van der Waals surface area (Å²) in [5.74, 6) is 0. The largest absolute Gasteiger partial charge is 0.356 e. The van der Waals surface area contributed by atoms with Gasteiger partial charge in [0.05, 0.1) is 8.07 Å². The van der Waals surface area contributed by atoms with Crippen molar-refractivity contribution in [3.05, 3.63) is 120 Å². The molecular weight excluding hydrogens is 357 g/mol. The fourth-order valence-electron chi connectivity index (χ4n) is 3.24. The predicted molar refractivity (Wildman–Crippen MR) is 125 cm³/mol. The van der Waals surface area contributed by atoms with Gasteiger partial charge in [0.25, 0.3) is 0 Å². The molecule has 0 fully saturated rings. The van der Waals surface area contributed by atoms with Crippen molar-refractivity contribution in [1.82, 2.24) is 0 Å². The molecule has 0 heterocycles. The van der Waals surface area contributed by atoms with Crippen molar-refractivity contribution in [2.75, 3.05) is 5.09 Å². The molecule has 0 saturated heterocycles. The Balaban J connectivity index is 1.65. The predicted octanol–water partition coefficient (Wildman–Crippen LogP) is 6.44. The summed E-state index contributed by atoms with van der Waals surface area (Å²) in [5, 5.41) is 6.48. The number of benzene rings is 3. The molecule has 0 amide bonds. The van der Waals surface area contributed by atoms with Crippen LogP contribution in [-0.4, -0.2) is 0 Å². The second kappa shape index (κ2) is 9.35. The van der Waals surface area contributed by atoms with E-state index in [0.29, 0.717) is 0 Å². The van der Waals surface area contributed by atoms with Gasteiger partial charge in [-0.15, -0.1) is 0 Å². The molecule has 1 nitrogen and oxygen atoms in total. The maximum absolute atomic E-state index is 3.84. The lowest BCUT2D eigenvalue weighted by Gasteiger charge is -2.22. The summed E-state index contributed by atoms with van der Waals surface area (Å²) in [6.07, 6.45) is 13.5. The third-order valence-electron chi connectivity index (χ3n) is 4.70. The highest BCUT2D eigenvalue weighted by Gasteiger charge is 2.14. The van der Waals surface area contributed by atoms with Crippen LogP contribution in [0.25, 0.3) is 6.08 Å². The molecule has 0 unspecified atom stereocenters. The third kappa shape index (κ3) is 4.68. The van der Waals surface area contributed by atoms with E-state index in [0.717, 1.165) is 18.5 Å². The van der Waals surface area contributed by atoms with Gasteiger partial charge in [0, 0.05) is 16.3 Å². The van der Waals surface area contributed by atoms with Gasteiger partial charge >= 0.3 is 0 Å². The van der Waals surface area contributed by atoms with Crippen LogP contribution in [-0.2, 0) is 0 Å². The Morgan fingerprint density at radius 1 is 0.679 bits per heavy atom. The summed E-state index contributed by atoms with van der Waals surface area (Å²) in [6.45, 7) is 0. The van der Waals surface area contributed by atoms with E-state index in [1.807, 2.05) is 0 Å². The molecule has 2 heteroatoms. The maximum Gasteiger partial charge on any atom is 0.0522 e. The van der Waals surface area contributed by atoms with Gasteiger partial charge in [-0.2, -0.15) is 0 Å². The van der Waals surface area contributed by atoms with Crippen LogP contribution in [0.5, 0.6) is 0 Å². The molecule has 1 N–H and O–H groups in total. The van der Waals surface area contributed by atoms with E-state index in [-0.39, 0.29) is 0 Å². The fourth-order valence-corrected chi connectivity index (χ4v) is 5.18. The van der Waals surface area contributed by atoms with E-state index in [9.17, 15) is 0 Å². The lowest BCUT2D eigenvalue weighted by atomic mass is 10.1. The van der Waals surface area contributed by atoms with E-state index in [1.54, 1.807) is 0 Å². The zero-order chi connectivity index (χ0) is 19.0. The zero-order valence-corrected chi connectivity index (χ0v) is 16.7.